The van der Waals surface area contributed by atoms with Crippen molar-refractivity contribution in [2.45, 2.75) is 6.18 Å². The average Bonchev–Trinajstić information content (AvgIpc) is 2.46. The molecule has 0 bridgehead atoms. The molecule has 1 heterocycles. The zero-order chi connectivity index (χ0) is 15.5. The molecule has 0 aliphatic heterocycles. The molecule has 2 rings (SSSR count). The number of nitrogens with zero attached hydrogens (tertiary/aromatic N) is 2. The normalized spacial score (nSPS) is 11.1. The molecular weight excluding hydrogens is 289 g/mol. The van der Waals surface area contributed by atoms with E-state index in [1.165, 1.54) is 32.4 Å². The van der Waals surface area contributed by atoms with Gasteiger partial charge in [0.15, 0.2) is 0 Å². The van der Waals surface area contributed by atoms with Gasteiger partial charge < -0.3 is 14.2 Å². The molecule has 0 N–H and O–H groups in total. The Morgan fingerprint density at radius 3 is 2.10 bits per heavy atom. The first-order chi connectivity index (χ1) is 9.92. The smallest absolute Gasteiger partial charge is 0.416 e. The molecule has 0 aliphatic carbocycles. The molecule has 0 unspecified atom stereocenters. The van der Waals surface area contributed by atoms with Gasteiger partial charge >= 0.3 is 12.2 Å². The van der Waals surface area contributed by atoms with Gasteiger partial charge in [0.25, 0.3) is 0 Å². The summed E-state index contributed by atoms with van der Waals surface area (Å²) in [5.74, 6) is 0.299. The minimum Gasteiger partial charge on any atom is -0.481 e. The van der Waals surface area contributed by atoms with Crippen LogP contribution in [0.15, 0.2) is 30.3 Å². The van der Waals surface area contributed by atoms with Gasteiger partial charge in [-0.05, 0) is 18.2 Å². The molecule has 1 aromatic heterocycles. The van der Waals surface area contributed by atoms with Crippen LogP contribution in [0.4, 0.5) is 13.2 Å². The van der Waals surface area contributed by atoms with Crippen LogP contribution in [0.1, 0.15) is 5.56 Å². The van der Waals surface area contributed by atoms with Crippen LogP contribution >= 0.6 is 0 Å². The predicted molar refractivity (Wildman–Crippen MR) is 66.7 cm³/mol. The van der Waals surface area contributed by atoms with E-state index in [1.54, 1.807) is 0 Å². The van der Waals surface area contributed by atoms with E-state index in [0.717, 1.165) is 12.1 Å². The van der Waals surface area contributed by atoms with E-state index in [-0.39, 0.29) is 23.5 Å². The van der Waals surface area contributed by atoms with Gasteiger partial charge in [-0.3, -0.25) is 0 Å². The zero-order valence-electron chi connectivity index (χ0n) is 11.1. The standard InChI is InChI=1S/C13H11F3N2O3/c1-19-10-7-11(20-2)18-12(17-10)21-9-5-3-4-8(6-9)13(14,15)16/h3-7H,1-2H3. The first-order valence-corrected chi connectivity index (χ1v) is 5.74. The summed E-state index contributed by atoms with van der Waals surface area (Å²) < 4.78 is 52.9. The van der Waals surface area contributed by atoms with E-state index in [1.807, 2.05) is 0 Å². The van der Waals surface area contributed by atoms with E-state index in [2.05, 4.69) is 9.97 Å². The number of halogens is 3. The Labute approximate surface area is 118 Å². The molecule has 0 atom stereocenters. The van der Waals surface area contributed by atoms with E-state index < -0.39 is 11.7 Å². The van der Waals surface area contributed by atoms with Crippen LogP contribution in [0.2, 0.25) is 0 Å². The molecule has 0 saturated carbocycles. The third-order valence-electron chi connectivity index (χ3n) is 2.45. The second kappa shape index (κ2) is 5.86. The minimum atomic E-state index is -4.45. The molecule has 8 heteroatoms. The van der Waals surface area contributed by atoms with Crippen molar-refractivity contribution in [1.29, 1.82) is 0 Å². The van der Waals surface area contributed by atoms with Crippen LogP contribution in [-0.4, -0.2) is 24.2 Å². The number of methoxy groups -OCH3 is 2. The van der Waals surface area contributed by atoms with Crippen LogP contribution in [0, 0.1) is 0 Å². The molecule has 0 spiro atoms. The highest BCUT2D eigenvalue weighted by atomic mass is 19.4. The van der Waals surface area contributed by atoms with Gasteiger partial charge in [-0.1, -0.05) is 6.07 Å². The fourth-order valence-corrected chi connectivity index (χ4v) is 1.48. The van der Waals surface area contributed by atoms with Crippen molar-refractivity contribution in [1.82, 2.24) is 9.97 Å². The van der Waals surface area contributed by atoms with Crippen molar-refractivity contribution in [2.75, 3.05) is 14.2 Å². The number of hydrogen-bond acceptors (Lipinski definition) is 5. The van der Waals surface area contributed by atoms with Crippen LogP contribution in [0.5, 0.6) is 23.5 Å². The quantitative estimate of drug-likeness (QED) is 0.867. The molecule has 0 aliphatic rings. The lowest BCUT2D eigenvalue weighted by atomic mass is 10.2. The third-order valence-corrected chi connectivity index (χ3v) is 2.45. The molecule has 5 nitrogen and oxygen atoms in total. The Bertz CT molecular complexity index is 610. The van der Waals surface area contributed by atoms with Gasteiger partial charge in [0.1, 0.15) is 5.75 Å². The Morgan fingerprint density at radius 2 is 1.57 bits per heavy atom. The first-order valence-electron chi connectivity index (χ1n) is 5.74. The van der Waals surface area contributed by atoms with E-state index in [0.29, 0.717) is 0 Å². The average molecular weight is 300 g/mol. The maximum Gasteiger partial charge on any atom is 0.416 e. The van der Waals surface area contributed by atoms with Crippen LogP contribution in [0.25, 0.3) is 0 Å². The van der Waals surface area contributed by atoms with Gasteiger partial charge in [0.05, 0.1) is 25.8 Å². The number of ether oxygens (including phenoxy) is 3. The fourth-order valence-electron chi connectivity index (χ4n) is 1.48. The highest BCUT2D eigenvalue weighted by Gasteiger charge is 2.30. The second-order valence-corrected chi connectivity index (χ2v) is 3.86. The largest absolute Gasteiger partial charge is 0.481 e. The molecule has 21 heavy (non-hydrogen) atoms. The SMILES string of the molecule is COc1cc(OC)nc(Oc2cccc(C(F)(F)F)c2)n1. The van der Waals surface area contributed by atoms with E-state index in [4.69, 9.17) is 14.2 Å². The maximum absolute atomic E-state index is 12.6. The fraction of sp³-hybridized carbons (Fsp3) is 0.231. The lowest BCUT2D eigenvalue weighted by molar-refractivity contribution is -0.137. The number of alkyl halides is 3. The van der Waals surface area contributed by atoms with Gasteiger partial charge in [-0.2, -0.15) is 23.1 Å². The predicted octanol–water partition coefficient (Wildman–Crippen LogP) is 3.30. The molecule has 0 fully saturated rings. The Morgan fingerprint density at radius 1 is 0.952 bits per heavy atom. The van der Waals surface area contributed by atoms with Gasteiger partial charge in [0.2, 0.25) is 11.8 Å². The van der Waals surface area contributed by atoms with E-state index in [9.17, 15) is 13.2 Å². The highest BCUT2D eigenvalue weighted by Crippen LogP contribution is 2.32. The number of aromatic nitrogens is 2. The zero-order valence-corrected chi connectivity index (χ0v) is 11.1. The molecule has 0 amide bonds. The Kier molecular flexibility index (Phi) is 4.15. The Balaban J connectivity index is 2.30. The third kappa shape index (κ3) is 3.74. The van der Waals surface area contributed by atoms with Crippen molar-refractivity contribution in [3.8, 4) is 23.5 Å². The number of benzene rings is 1. The Hall–Kier alpha value is -2.51. The summed E-state index contributed by atoms with van der Waals surface area (Å²) in [7, 11) is 2.77. The van der Waals surface area contributed by atoms with Crippen molar-refractivity contribution in [3.05, 3.63) is 35.9 Å². The number of hydrogen-bond donors (Lipinski definition) is 0. The maximum atomic E-state index is 12.6. The van der Waals surface area contributed by atoms with Gasteiger partial charge in [-0.25, -0.2) is 0 Å². The first kappa shape index (κ1) is 14.9. The second-order valence-electron chi connectivity index (χ2n) is 3.86. The molecule has 1 aromatic carbocycles. The molecule has 2 aromatic rings. The monoisotopic (exact) mass is 300 g/mol. The van der Waals surface area contributed by atoms with Crippen LogP contribution in [0.3, 0.4) is 0 Å². The van der Waals surface area contributed by atoms with E-state index >= 15 is 0 Å². The summed E-state index contributed by atoms with van der Waals surface area (Å²) in [6.07, 6.45) is -4.45. The molecule has 0 radical (unpaired) electrons. The van der Waals surface area contributed by atoms with Crippen molar-refractivity contribution < 1.29 is 27.4 Å². The summed E-state index contributed by atoms with van der Waals surface area (Å²) in [6, 6.07) is 5.64. The summed E-state index contributed by atoms with van der Waals surface area (Å²) in [4.78, 5) is 7.74. The summed E-state index contributed by atoms with van der Waals surface area (Å²) in [5.41, 5.74) is -0.824. The van der Waals surface area contributed by atoms with Gasteiger partial charge in [-0.15, -0.1) is 0 Å². The lowest BCUT2D eigenvalue weighted by Crippen LogP contribution is -2.05. The summed E-state index contributed by atoms with van der Waals surface area (Å²) in [6.45, 7) is 0. The topological polar surface area (TPSA) is 53.5 Å². The summed E-state index contributed by atoms with van der Waals surface area (Å²) >= 11 is 0. The van der Waals surface area contributed by atoms with Crippen molar-refractivity contribution in [2.24, 2.45) is 0 Å². The summed E-state index contributed by atoms with van der Waals surface area (Å²) in [5, 5.41) is 0. The molecular formula is C13H11F3N2O3. The van der Waals surface area contributed by atoms with Crippen molar-refractivity contribution in [3.63, 3.8) is 0 Å². The molecule has 112 valence electrons. The highest BCUT2D eigenvalue weighted by molar-refractivity contribution is 5.33. The van der Waals surface area contributed by atoms with Gasteiger partial charge in [0, 0.05) is 0 Å². The van der Waals surface area contributed by atoms with Crippen molar-refractivity contribution >= 4 is 0 Å². The molecule has 0 saturated heterocycles. The minimum absolute atomic E-state index is 0.0415. The number of rotatable bonds is 4. The van der Waals surface area contributed by atoms with Crippen LogP contribution < -0.4 is 14.2 Å². The lowest BCUT2D eigenvalue weighted by Gasteiger charge is -2.10. The van der Waals surface area contributed by atoms with Crippen LogP contribution in [-0.2, 0) is 6.18 Å².